The van der Waals surface area contributed by atoms with E-state index in [9.17, 15) is 4.79 Å². The van der Waals surface area contributed by atoms with E-state index in [0.29, 0.717) is 10.6 Å². The van der Waals surface area contributed by atoms with Gasteiger partial charge in [0.25, 0.3) is 5.91 Å². The maximum atomic E-state index is 13.0. The lowest BCUT2D eigenvalue weighted by molar-refractivity contribution is 0.0944. The Morgan fingerprint density at radius 2 is 2.07 bits per heavy atom. The van der Waals surface area contributed by atoms with Crippen molar-refractivity contribution >= 4 is 28.6 Å². The number of aromatic nitrogens is 3. The number of para-hydroxylation sites is 1. The van der Waals surface area contributed by atoms with Gasteiger partial charge in [-0.05, 0) is 17.5 Å². The number of methoxy groups -OCH3 is 1. The normalized spacial score (nSPS) is 11.9. The highest BCUT2D eigenvalue weighted by molar-refractivity contribution is 7.21. The average molecular weight is 411 g/mol. The van der Waals surface area contributed by atoms with Crippen LogP contribution in [0.4, 0.5) is 0 Å². The van der Waals surface area contributed by atoms with Crippen LogP contribution in [-0.4, -0.2) is 27.6 Å². The molecule has 0 aliphatic heterocycles. The zero-order valence-electron chi connectivity index (χ0n) is 15.3. The van der Waals surface area contributed by atoms with Crippen LogP contribution in [0.15, 0.2) is 60.4 Å². The maximum absolute atomic E-state index is 13.0. The van der Waals surface area contributed by atoms with E-state index >= 15 is 0 Å². The number of imidazole rings is 1. The third-order valence-electron chi connectivity index (χ3n) is 4.30. The molecule has 142 valence electrons. The molecule has 1 amide bonds. The van der Waals surface area contributed by atoms with E-state index in [1.54, 1.807) is 30.8 Å². The topological polar surface area (TPSA) is 69.0 Å². The van der Waals surface area contributed by atoms with Crippen molar-refractivity contribution in [3.05, 3.63) is 76.6 Å². The summed E-state index contributed by atoms with van der Waals surface area (Å²) in [5.74, 6) is 1.22. The molecule has 4 aromatic rings. The number of carbonyl (C=O) groups excluding carboxylic acids is 1. The number of amides is 1. The first-order valence-electron chi connectivity index (χ1n) is 8.58. The highest BCUT2D eigenvalue weighted by atomic mass is 32.1. The molecule has 0 saturated carbocycles. The lowest BCUT2D eigenvalue weighted by atomic mass is 10.0. The second kappa shape index (κ2) is 7.95. The number of hydrogen-bond donors (Lipinski definition) is 1. The summed E-state index contributed by atoms with van der Waals surface area (Å²) >= 11 is 2.98. The molecule has 0 fully saturated rings. The lowest BCUT2D eigenvalue weighted by Crippen LogP contribution is -2.30. The van der Waals surface area contributed by atoms with Crippen LogP contribution in [-0.2, 0) is 7.05 Å². The summed E-state index contributed by atoms with van der Waals surface area (Å²) in [5, 5.41) is 5.93. The first-order valence-corrected chi connectivity index (χ1v) is 10.3. The van der Waals surface area contributed by atoms with Gasteiger partial charge >= 0.3 is 0 Å². The minimum Gasteiger partial charge on any atom is -0.496 e. The van der Waals surface area contributed by atoms with Crippen LogP contribution < -0.4 is 10.1 Å². The molecule has 0 spiro atoms. The molecule has 8 heteroatoms. The molecule has 1 unspecified atom stereocenters. The molecule has 1 N–H and O–H groups in total. The Balaban J connectivity index is 1.66. The molecule has 3 heterocycles. The van der Waals surface area contributed by atoms with Crippen LogP contribution in [0.1, 0.15) is 27.1 Å². The number of benzene rings is 1. The van der Waals surface area contributed by atoms with E-state index in [1.807, 2.05) is 59.6 Å². The number of ether oxygens (including phenoxy) is 1. The Morgan fingerprint density at radius 3 is 2.79 bits per heavy atom. The molecule has 0 saturated heterocycles. The Bertz CT molecular complexity index is 1090. The third-order valence-corrected chi connectivity index (χ3v) is 6.34. The summed E-state index contributed by atoms with van der Waals surface area (Å²) in [6, 6.07) is 11.1. The van der Waals surface area contributed by atoms with E-state index in [1.165, 1.54) is 11.3 Å². The number of rotatable bonds is 6. The van der Waals surface area contributed by atoms with Crippen LogP contribution in [0.5, 0.6) is 5.75 Å². The van der Waals surface area contributed by atoms with Crippen molar-refractivity contribution in [1.82, 2.24) is 19.9 Å². The number of thiazole rings is 1. The molecule has 0 bridgehead atoms. The molecule has 1 aromatic carbocycles. The minimum atomic E-state index is -0.448. The largest absolute Gasteiger partial charge is 0.496 e. The summed E-state index contributed by atoms with van der Waals surface area (Å²) in [6.45, 7) is 0. The highest BCUT2D eigenvalue weighted by Gasteiger charge is 2.25. The number of hydrogen-bond acceptors (Lipinski definition) is 6. The van der Waals surface area contributed by atoms with Gasteiger partial charge in [-0.25, -0.2) is 9.97 Å². The number of aryl methyl sites for hydroxylation is 1. The van der Waals surface area contributed by atoms with Gasteiger partial charge in [-0.15, -0.1) is 22.7 Å². The molecule has 4 rings (SSSR count). The standard InChI is InChI=1S/C20H18N4O2S2/c1-24-10-9-21-18(24)17(13-6-3-4-7-14(13)26-2)23-19(25)16-12-22-20(28-16)15-8-5-11-27-15/h3-12,17H,1-2H3,(H,23,25). The van der Waals surface area contributed by atoms with Crippen molar-refractivity contribution in [3.63, 3.8) is 0 Å². The summed E-state index contributed by atoms with van der Waals surface area (Å²) < 4.78 is 7.40. The molecule has 28 heavy (non-hydrogen) atoms. The minimum absolute atomic E-state index is 0.195. The van der Waals surface area contributed by atoms with E-state index in [2.05, 4.69) is 15.3 Å². The predicted octanol–water partition coefficient (Wildman–Crippen LogP) is 4.13. The van der Waals surface area contributed by atoms with Crippen molar-refractivity contribution in [2.45, 2.75) is 6.04 Å². The van der Waals surface area contributed by atoms with Crippen molar-refractivity contribution in [3.8, 4) is 15.6 Å². The number of nitrogens with one attached hydrogen (secondary N) is 1. The number of nitrogens with zero attached hydrogens (tertiary/aromatic N) is 3. The second-order valence-corrected chi connectivity index (χ2v) is 8.03. The molecule has 1 atom stereocenters. The van der Waals surface area contributed by atoms with Gasteiger partial charge in [0.05, 0.1) is 18.2 Å². The highest BCUT2D eigenvalue weighted by Crippen LogP contribution is 2.31. The quantitative estimate of drug-likeness (QED) is 0.519. The molecular formula is C20H18N4O2S2. The smallest absolute Gasteiger partial charge is 0.263 e. The molecule has 6 nitrogen and oxygen atoms in total. The van der Waals surface area contributed by atoms with Gasteiger partial charge in [-0.3, -0.25) is 4.79 Å². The van der Waals surface area contributed by atoms with Crippen LogP contribution in [0.25, 0.3) is 9.88 Å². The van der Waals surface area contributed by atoms with Crippen LogP contribution in [0.3, 0.4) is 0 Å². The third kappa shape index (κ3) is 3.56. The van der Waals surface area contributed by atoms with Crippen LogP contribution in [0, 0.1) is 0 Å². The van der Waals surface area contributed by atoms with Crippen molar-refractivity contribution in [2.75, 3.05) is 7.11 Å². The first kappa shape index (κ1) is 18.4. The Hall–Kier alpha value is -2.97. The van der Waals surface area contributed by atoms with Gasteiger partial charge < -0.3 is 14.6 Å². The predicted molar refractivity (Wildman–Crippen MR) is 111 cm³/mol. The maximum Gasteiger partial charge on any atom is 0.263 e. The van der Waals surface area contributed by atoms with Gasteiger partial charge in [-0.1, -0.05) is 24.3 Å². The van der Waals surface area contributed by atoms with Crippen LogP contribution >= 0.6 is 22.7 Å². The van der Waals surface area contributed by atoms with Crippen LogP contribution in [0.2, 0.25) is 0 Å². The summed E-state index contributed by atoms with van der Waals surface area (Å²) in [4.78, 5) is 23.4. The summed E-state index contributed by atoms with van der Waals surface area (Å²) in [7, 11) is 3.52. The Morgan fingerprint density at radius 1 is 1.21 bits per heavy atom. The fraction of sp³-hybridized carbons (Fsp3) is 0.150. The zero-order valence-corrected chi connectivity index (χ0v) is 17.0. The fourth-order valence-corrected chi connectivity index (χ4v) is 4.56. The van der Waals surface area contributed by atoms with Gasteiger partial charge in [0.15, 0.2) is 0 Å². The van der Waals surface area contributed by atoms with E-state index in [4.69, 9.17) is 4.74 Å². The van der Waals surface area contributed by atoms with Crippen molar-refractivity contribution in [1.29, 1.82) is 0 Å². The second-order valence-electron chi connectivity index (χ2n) is 6.05. The van der Waals surface area contributed by atoms with Crippen molar-refractivity contribution in [2.24, 2.45) is 7.05 Å². The average Bonchev–Trinajstić information content (AvgIpc) is 3.47. The molecule has 3 aromatic heterocycles. The van der Waals surface area contributed by atoms with Gasteiger partial charge in [-0.2, -0.15) is 0 Å². The summed E-state index contributed by atoms with van der Waals surface area (Å²) in [6.07, 6.45) is 5.18. The summed E-state index contributed by atoms with van der Waals surface area (Å²) in [5.41, 5.74) is 0.843. The first-order chi connectivity index (χ1) is 13.7. The van der Waals surface area contributed by atoms with E-state index < -0.39 is 6.04 Å². The Kier molecular flexibility index (Phi) is 5.23. The van der Waals surface area contributed by atoms with Gasteiger partial charge in [0, 0.05) is 25.0 Å². The van der Waals surface area contributed by atoms with Gasteiger partial charge in [0.2, 0.25) is 0 Å². The molecule has 0 radical (unpaired) electrons. The zero-order chi connectivity index (χ0) is 19.5. The monoisotopic (exact) mass is 410 g/mol. The lowest BCUT2D eigenvalue weighted by Gasteiger charge is -2.20. The number of thiophene rings is 1. The fourth-order valence-electron chi connectivity index (χ4n) is 2.94. The number of carbonyl (C=O) groups is 1. The molecule has 0 aliphatic rings. The SMILES string of the molecule is COc1ccccc1C(NC(=O)c1cnc(-c2cccs2)s1)c1nccn1C. The molecule has 0 aliphatic carbocycles. The van der Waals surface area contributed by atoms with E-state index in [-0.39, 0.29) is 5.91 Å². The van der Waals surface area contributed by atoms with Crippen molar-refractivity contribution < 1.29 is 9.53 Å². The Labute approximate surface area is 170 Å². The van der Waals surface area contributed by atoms with Gasteiger partial charge in [0.1, 0.15) is 27.5 Å². The molecular weight excluding hydrogens is 392 g/mol. The van der Waals surface area contributed by atoms with E-state index in [0.717, 1.165) is 21.3 Å².